The zero-order valence-corrected chi connectivity index (χ0v) is 13.4. The fraction of sp³-hybridized carbons (Fsp3) is 0.412. The quantitative estimate of drug-likeness (QED) is 0.854. The molecule has 1 atom stereocenters. The number of likely N-dealkylation sites (tertiary alicyclic amines) is 1. The Morgan fingerprint density at radius 3 is 2.48 bits per heavy atom. The number of aryl methyl sites for hydroxylation is 2. The van der Waals surface area contributed by atoms with Crippen molar-refractivity contribution in [2.24, 2.45) is 7.05 Å². The number of aromatic nitrogens is 2. The first-order valence-electron chi connectivity index (χ1n) is 7.56. The van der Waals surface area contributed by atoms with E-state index in [0.717, 1.165) is 5.69 Å². The molecule has 1 aliphatic rings. The molecule has 3 rings (SSSR count). The minimum Gasteiger partial charge on any atom is -0.335 e. The van der Waals surface area contributed by atoms with Crippen LogP contribution in [0.5, 0.6) is 0 Å². The van der Waals surface area contributed by atoms with E-state index < -0.39 is 11.5 Å². The van der Waals surface area contributed by atoms with Crippen LogP contribution in [0.3, 0.4) is 0 Å². The van der Waals surface area contributed by atoms with E-state index in [1.807, 2.05) is 6.92 Å². The molecule has 0 unspecified atom stereocenters. The van der Waals surface area contributed by atoms with E-state index in [-0.39, 0.29) is 18.9 Å². The average molecular weight is 319 g/mol. The zero-order chi connectivity index (χ0) is 16.8. The molecule has 23 heavy (non-hydrogen) atoms. The SMILES string of the molecule is Cc1nn(C)c(C)c1C(=O)N1CC[C@@](F)(c2ccc(F)cc2)C1. The Kier molecular flexibility index (Phi) is 3.70. The van der Waals surface area contributed by atoms with Crippen molar-refractivity contribution in [1.29, 1.82) is 0 Å². The molecule has 0 spiro atoms. The van der Waals surface area contributed by atoms with Gasteiger partial charge in [0.1, 0.15) is 5.82 Å². The van der Waals surface area contributed by atoms with Crippen molar-refractivity contribution in [3.05, 3.63) is 52.6 Å². The van der Waals surface area contributed by atoms with Crippen molar-refractivity contribution in [2.45, 2.75) is 25.9 Å². The lowest BCUT2D eigenvalue weighted by Crippen LogP contribution is -2.32. The maximum Gasteiger partial charge on any atom is 0.257 e. The summed E-state index contributed by atoms with van der Waals surface area (Å²) in [6.07, 6.45) is 0.211. The number of hydrogen-bond acceptors (Lipinski definition) is 2. The zero-order valence-electron chi connectivity index (χ0n) is 13.4. The summed E-state index contributed by atoms with van der Waals surface area (Å²) >= 11 is 0. The molecule has 0 bridgehead atoms. The predicted molar refractivity (Wildman–Crippen MR) is 82.4 cm³/mol. The number of rotatable bonds is 2. The number of nitrogens with zero attached hydrogens (tertiary/aromatic N) is 3. The van der Waals surface area contributed by atoms with Gasteiger partial charge in [-0.15, -0.1) is 0 Å². The maximum absolute atomic E-state index is 15.2. The molecule has 1 aromatic carbocycles. The number of carbonyl (C=O) groups is 1. The van der Waals surface area contributed by atoms with Gasteiger partial charge in [-0.2, -0.15) is 5.10 Å². The Hall–Kier alpha value is -2.24. The van der Waals surface area contributed by atoms with E-state index in [1.165, 1.54) is 29.2 Å². The summed E-state index contributed by atoms with van der Waals surface area (Å²) in [5, 5.41) is 4.24. The monoisotopic (exact) mass is 319 g/mol. The summed E-state index contributed by atoms with van der Waals surface area (Å²) < 4.78 is 29.8. The second-order valence-electron chi connectivity index (χ2n) is 6.12. The average Bonchev–Trinajstić information content (AvgIpc) is 3.01. The highest BCUT2D eigenvalue weighted by atomic mass is 19.1. The molecular weight excluding hydrogens is 300 g/mol. The minimum atomic E-state index is -1.63. The molecule has 1 fully saturated rings. The fourth-order valence-electron chi connectivity index (χ4n) is 3.17. The van der Waals surface area contributed by atoms with Crippen LogP contribution in [-0.4, -0.2) is 33.7 Å². The molecule has 1 amide bonds. The Balaban J connectivity index is 1.84. The van der Waals surface area contributed by atoms with Gasteiger partial charge in [0.05, 0.1) is 17.8 Å². The van der Waals surface area contributed by atoms with Crippen LogP contribution in [0.2, 0.25) is 0 Å². The Bertz CT molecular complexity index is 754. The lowest BCUT2D eigenvalue weighted by atomic mass is 9.95. The van der Waals surface area contributed by atoms with Crippen LogP contribution >= 0.6 is 0 Å². The van der Waals surface area contributed by atoms with E-state index in [0.29, 0.717) is 23.4 Å². The number of alkyl halides is 1. The summed E-state index contributed by atoms with van der Waals surface area (Å²) in [6, 6.07) is 5.39. The maximum atomic E-state index is 15.2. The molecule has 1 saturated heterocycles. The van der Waals surface area contributed by atoms with E-state index in [1.54, 1.807) is 18.7 Å². The van der Waals surface area contributed by atoms with E-state index in [4.69, 9.17) is 0 Å². The second-order valence-corrected chi connectivity index (χ2v) is 6.12. The molecule has 4 nitrogen and oxygen atoms in total. The van der Waals surface area contributed by atoms with E-state index in [9.17, 15) is 9.18 Å². The summed E-state index contributed by atoms with van der Waals surface area (Å²) in [4.78, 5) is 14.2. The largest absolute Gasteiger partial charge is 0.335 e. The summed E-state index contributed by atoms with van der Waals surface area (Å²) in [7, 11) is 1.78. The molecular formula is C17H19F2N3O. The molecule has 2 heterocycles. The highest BCUT2D eigenvalue weighted by Gasteiger charge is 2.42. The molecule has 0 saturated carbocycles. The lowest BCUT2D eigenvalue weighted by molar-refractivity contribution is 0.0749. The summed E-state index contributed by atoms with van der Waals surface area (Å²) in [6.45, 7) is 3.91. The first-order chi connectivity index (χ1) is 10.8. The minimum absolute atomic E-state index is 0.0226. The van der Waals surface area contributed by atoms with Crippen molar-refractivity contribution in [1.82, 2.24) is 14.7 Å². The standard InChI is InChI=1S/C17H19F2N3O/c1-11-15(12(2)21(3)20-11)16(23)22-9-8-17(19,10-22)13-4-6-14(18)7-5-13/h4-7H,8-10H2,1-3H3/t17-/m0/s1. The molecule has 0 N–H and O–H groups in total. The van der Waals surface area contributed by atoms with Gasteiger partial charge in [-0.05, 0) is 31.5 Å². The summed E-state index contributed by atoms with van der Waals surface area (Å²) in [5.74, 6) is -0.598. The van der Waals surface area contributed by atoms with Gasteiger partial charge in [-0.3, -0.25) is 9.48 Å². The van der Waals surface area contributed by atoms with Gasteiger partial charge >= 0.3 is 0 Å². The highest BCUT2D eigenvalue weighted by Crippen LogP contribution is 2.37. The van der Waals surface area contributed by atoms with Crippen LogP contribution in [0.15, 0.2) is 24.3 Å². The van der Waals surface area contributed by atoms with Crippen molar-refractivity contribution in [2.75, 3.05) is 13.1 Å². The van der Waals surface area contributed by atoms with Crippen LogP contribution < -0.4 is 0 Å². The van der Waals surface area contributed by atoms with E-state index in [2.05, 4.69) is 5.10 Å². The molecule has 0 aliphatic carbocycles. The van der Waals surface area contributed by atoms with Crippen LogP contribution in [-0.2, 0) is 12.7 Å². The number of halogens is 2. The van der Waals surface area contributed by atoms with Gasteiger partial charge in [0.25, 0.3) is 5.91 Å². The molecule has 122 valence electrons. The third-order valence-corrected chi connectivity index (χ3v) is 4.59. The van der Waals surface area contributed by atoms with Gasteiger partial charge in [0, 0.05) is 25.7 Å². The number of benzene rings is 1. The molecule has 1 aliphatic heterocycles. The van der Waals surface area contributed by atoms with Gasteiger partial charge in [-0.25, -0.2) is 8.78 Å². The third-order valence-electron chi connectivity index (χ3n) is 4.59. The smallest absolute Gasteiger partial charge is 0.257 e. The van der Waals surface area contributed by atoms with Crippen LogP contribution in [0.25, 0.3) is 0 Å². The Morgan fingerprint density at radius 1 is 1.26 bits per heavy atom. The number of hydrogen-bond donors (Lipinski definition) is 0. The Labute approximate surface area is 133 Å². The third kappa shape index (κ3) is 2.62. The fourth-order valence-corrected chi connectivity index (χ4v) is 3.17. The van der Waals surface area contributed by atoms with Crippen molar-refractivity contribution < 1.29 is 13.6 Å². The van der Waals surface area contributed by atoms with Gasteiger partial charge in [0.15, 0.2) is 5.67 Å². The van der Waals surface area contributed by atoms with Gasteiger partial charge in [-0.1, -0.05) is 12.1 Å². The van der Waals surface area contributed by atoms with Gasteiger partial charge in [0.2, 0.25) is 0 Å². The van der Waals surface area contributed by atoms with Crippen LogP contribution in [0, 0.1) is 19.7 Å². The number of carbonyl (C=O) groups excluding carboxylic acids is 1. The van der Waals surface area contributed by atoms with Gasteiger partial charge < -0.3 is 4.90 Å². The molecule has 6 heteroatoms. The topological polar surface area (TPSA) is 38.1 Å². The summed E-state index contributed by atoms with van der Waals surface area (Å²) in [5.41, 5.74) is 0.733. The van der Waals surface area contributed by atoms with E-state index >= 15 is 4.39 Å². The second kappa shape index (κ2) is 5.44. The Morgan fingerprint density at radius 2 is 1.91 bits per heavy atom. The van der Waals surface area contributed by atoms with Crippen molar-refractivity contribution >= 4 is 5.91 Å². The lowest BCUT2D eigenvalue weighted by Gasteiger charge is -2.21. The normalized spacial score (nSPS) is 21.0. The highest BCUT2D eigenvalue weighted by molar-refractivity contribution is 5.96. The van der Waals surface area contributed by atoms with Crippen molar-refractivity contribution in [3.63, 3.8) is 0 Å². The predicted octanol–water partition coefficient (Wildman–Crippen LogP) is 2.89. The van der Waals surface area contributed by atoms with Crippen molar-refractivity contribution in [3.8, 4) is 0 Å². The van der Waals surface area contributed by atoms with Crippen LogP contribution in [0.4, 0.5) is 8.78 Å². The molecule has 0 radical (unpaired) electrons. The molecule has 2 aromatic rings. The first-order valence-corrected chi connectivity index (χ1v) is 7.56. The number of amides is 1. The first kappa shape index (κ1) is 15.6. The van der Waals surface area contributed by atoms with Crippen LogP contribution in [0.1, 0.15) is 33.7 Å². The molecule has 1 aromatic heterocycles.